The maximum absolute atomic E-state index is 15.1. The first-order valence-corrected chi connectivity index (χ1v) is 8.66. The van der Waals surface area contributed by atoms with Gasteiger partial charge in [-0.15, -0.1) is 0 Å². The number of alkyl halides is 1. The fourth-order valence-corrected chi connectivity index (χ4v) is 5.89. The summed E-state index contributed by atoms with van der Waals surface area (Å²) in [4.78, 5) is 12.3. The Hall–Kier alpha value is -1.12. The Bertz CT molecular complexity index is 564. The van der Waals surface area contributed by atoms with E-state index in [1.807, 2.05) is 6.92 Å². The molecule has 3 heteroatoms. The zero-order valence-corrected chi connectivity index (χ0v) is 13.5. The van der Waals surface area contributed by atoms with Crippen LogP contribution in [0.25, 0.3) is 0 Å². The van der Waals surface area contributed by atoms with E-state index in [2.05, 4.69) is 12.2 Å². The molecule has 0 aromatic carbocycles. The molecule has 6 atom stereocenters. The minimum absolute atomic E-state index is 0.110. The third-order valence-corrected chi connectivity index (χ3v) is 7.00. The summed E-state index contributed by atoms with van der Waals surface area (Å²) in [5.74, 6) is 2.51. The minimum Gasteiger partial charge on any atom is -0.501 e. The lowest BCUT2D eigenvalue weighted by Gasteiger charge is -2.52. The van der Waals surface area contributed by atoms with Crippen LogP contribution in [0.2, 0.25) is 0 Å². The SMILES string of the molecule is COC1=CC2=CC[C@@H]3[C@H]([C@@H](F)C[C@]4(C)C(=O)CC[C@@H]34)[C@H]2CC1. The molecule has 2 fully saturated rings. The molecule has 4 aliphatic carbocycles. The van der Waals surface area contributed by atoms with Crippen molar-refractivity contribution in [1.29, 1.82) is 0 Å². The van der Waals surface area contributed by atoms with Crippen LogP contribution in [-0.2, 0) is 9.53 Å². The number of hydrogen-bond donors (Lipinski definition) is 0. The molecule has 0 radical (unpaired) electrons. The number of carbonyl (C=O) groups excluding carboxylic acids is 1. The lowest BCUT2D eigenvalue weighted by molar-refractivity contribution is -0.134. The van der Waals surface area contributed by atoms with Crippen LogP contribution in [0.15, 0.2) is 23.5 Å². The topological polar surface area (TPSA) is 26.3 Å². The highest BCUT2D eigenvalue weighted by Crippen LogP contribution is 2.60. The summed E-state index contributed by atoms with van der Waals surface area (Å²) in [7, 11) is 1.71. The second-order valence-electron chi connectivity index (χ2n) is 7.85. The average molecular weight is 304 g/mol. The van der Waals surface area contributed by atoms with Crippen molar-refractivity contribution < 1.29 is 13.9 Å². The van der Waals surface area contributed by atoms with Gasteiger partial charge in [-0.1, -0.05) is 13.0 Å². The van der Waals surface area contributed by atoms with Gasteiger partial charge in [0.1, 0.15) is 12.0 Å². The van der Waals surface area contributed by atoms with Crippen molar-refractivity contribution in [2.45, 2.75) is 51.6 Å². The Balaban J connectivity index is 1.69. The van der Waals surface area contributed by atoms with Crippen LogP contribution in [0.3, 0.4) is 0 Å². The van der Waals surface area contributed by atoms with Gasteiger partial charge in [-0.05, 0) is 55.1 Å². The Labute approximate surface area is 131 Å². The number of carbonyl (C=O) groups is 1. The Morgan fingerprint density at radius 2 is 2.14 bits per heavy atom. The molecule has 0 amide bonds. The summed E-state index contributed by atoms with van der Waals surface area (Å²) in [6, 6.07) is 0. The molecular formula is C19H25FO2. The number of Topliss-reactive ketones (excluding diaryl/α,β-unsaturated/α-hetero) is 1. The fourth-order valence-electron chi connectivity index (χ4n) is 5.89. The highest BCUT2D eigenvalue weighted by molar-refractivity contribution is 5.87. The number of methoxy groups -OCH3 is 1. The Kier molecular flexibility index (Phi) is 3.25. The third kappa shape index (κ3) is 1.87. The highest BCUT2D eigenvalue weighted by Gasteiger charge is 2.59. The smallest absolute Gasteiger partial charge is 0.139 e. The first-order valence-electron chi connectivity index (χ1n) is 8.66. The zero-order valence-electron chi connectivity index (χ0n) is 13.5. The molecule has 4 rings (SSSR count). The maximum Gasteiger partial charge on any atom is 0.139 e. The Morgan fingerprint density at radius 1 is 1.32 bits per heavy atom. The summed E-state index contributed by atoms with van der Waals surface area (Å²) in [6.07, 6.45) is 8.50. The molecule has 0 N–H and O–H groups in total. The largest absolute Gasteiger partial charge is 0.501 e. The van der Waals surface area contributed by atoms with Crippen LogP contribution >= 0.6 is 0 Å². The number of allylic oxidation sites excluding steroid dienone is 4. The van der Waals surface area contributed by atoms with Gasteiger partial charge in [-0.25, -0.2) is 4.39 Å². The second-order valence-corrected chi connectivity index (χ2v) is 7.85. The van der Waals surface area contributed by atoms with E-state index in [0.717, 1.165) is 31.4 Å². The van der Waals surface area contributed by atoms with E-state index in [4.69, 9.17) is 4.74 Å². The molecule has 0 bridgehead atoms. The number of hydrogen-bond acceptors (Lipinski definition) is 2. The van der Waals surface area contributed by atoms with Gasteiger partial charge in [0, 0.05) is 24.2 Å². The molecule has 22 heavy (non-hydrogen) atoms. The standard InChI is InChI=1S/C19H25FO2/c1-19-10-16(20)18-13-6-4-12(22-2)9-11(13)3-5-14(18)15(19)7-8-17(19)21/h3,9,13-16,18H,4-8,10H2,1-2H3/t13-,14-,15-,16-,18+,19-/m0/s1. The van der Waals surface area contributed by atoms with E-state index in [9.17, 15) is 4.79 Å². The van der Waals surface area contributed by atoms with Crippen LogP contribution < -0.4 is 0 Å². The molecule has 4 aliphatic rings. The van der Waals surface area contributed by atoms with E-state index in [1.165, 1.54) is 5.57 Å². The summed E-state index contributed by atoms with van der Waals surface area (Å²) < 4.78 is 20.5. The van der Waals surface area contributed by atoms with E-state index in [1.54, 1.807) is 7.11 Å². The van der Waals surface area contributed by atoms with E-state index >= 15 is 4.39 Å². The monoisotopic (exact) mass is 304 g/mol. The van der Waals surface area contributed by atoms with Crippen molar-refractivity contribution in [3.8, 4) is 0 Å². The fraction of sp³-hybridized carbons (Fsp3) is 0.737. The lowest BCUT2D eigenvalue weighted by Crippen LogP contribution is -2.51. The van der Waals surface area contributed by atoms with Gasteiger partial charge >= 0.3 is 0 Å². The number of halogens is 1. The van der Waals surface area contributed by atoms with Crippen LogP contribution in [0.1, 0.15) is 45.4 Å². The highest BCUT2D eigenvalue weighted by atomic mass is 19.1. The first-order chi connectivity index (χ1) is 10.5. The van der Waals surface area contributed by atoms with E-state index in [-0.39, 0.29) is 5.92 Å². The Morgan fingerprint density at radius 3 is 2.91 bits per heavy atom. The van der Waals surface area contributed by atoms with Crippen molar-refractivity contribution in [3.05, 3.63) is 23.5 Å². The van der Waals surface area contributed by atoms with E-state index < -0.39 is 11.6 Å². The van der Waals surface area contributed by atoms with E-state index in [0.29, 0.717) is 36.4 Å². The van der Waals surface area contributed by atoms with Crippen molar-refractivity contribution in [3.63, 3.8) is 0 Å². The number of ketones is 1. The van der Waals surface area contributed by atoms with Gasteiger partial charge < -0.3 is 4.74 Å². The normalized spacial score (nSPS) is 47.0. The van der Waals surface area contributed by atoms with Crippen LogP contribution in [0.4, 0.5) is 4.39 Å². The summed E-state index contributed by atoms with van der Waals surface area (Å²) >= 11 is 0. The van der Waals surface area contributed by atoms with Crippen molar-refractivity contribution in [1.82, 2.24) is 0 Å². The molecule has 0 spiro atoms. The second kappa shape index (κ2) is 4.94. The summed E-state index contributed by atoms with van der Waals surface area (Å²) in [6.45, 7) is 2.03. The molecule has 2 saturated carbocycles. The molecule has 0 unspecified atom stereocenters. The van der Waals surface area contributed by atoms with Gasteiger partial charge in [-0.3, -0.25) is 4.79 Å². The lowest BCUT2D eigenvalue weighted by atomic mass is 9.53. The van der Waals surface area contributed by atoms with Crippen LogP contribution in [-0.4, -0.2) is 19.1 Å². The quantitative estimate of drug-likeness (QED) is 0.725. The number of fused-ring (bicyclic) bond motifs is 5. The summed E-state index contributed by atoms with van der Waals surface area (Å²) in [5.41, 5.74) is 0.883. The molecule has 120 valence electrons. The first kappa shape index (κ1) is 14.5. The van der Waals surface area contributed by atoms with Crippen molar-refractivity contribution >= 4 is 5.78 Å². The molecule has 0 aliphatic heterocycles. The molecule has 0 saturated heterocycles. The number of ether oxygens (including phenoxy) is 1. The predicted molar refractivity (Wildman–Crippen MR) is 82.8 cm³/mol. The number of rotatable bonds is 1. The van der Waals surface area contributed by atoms with Gasteiger partial charge in [-0.2, -0.15) is 0 Å². The molecule has 0 aromatic heterocycles. The van der Waals surface area contributed by atoms with Crippen molar-refractivity contribution in [2.24, 2.45) is 29.1 Å². The van der Waals surface area contributed by atoms with Crippen molar-refractivity contribution in [2.75, 3.05) is 7.11 Å². The molecule has 2 nitrogen and oxygen atoms in total. The van der Waals surface area contributed by atoms with Gasteiger partial charge in [0.2, 0.25) is 0 Å². The average Bonchev–Trinajstić information content (AvgIpc) is 2.81. The maximum atomic E-state index is 15.1. The minimum atomic E-state index is -0.834. The predicted octanol–water partition coefficient (Wildman–Crippen LogP) is 4.22. The van der Waals surface area contributed by atoms with Gasteiger partial charge in [0.25, 0.3) is 0 Å². The molecule has 0 aromatic rings. The van der Waals surface area contributed by atoms with Crippen LogP contribution in [0, 0.1) is 29.1 Å². The third-order valence-electron chi connectivity index (χ3n) is 7.00. The van der Waals surface area contributed by atoms with Crippen LogP contribution in [0.5, 0.6) is 0 Å². The molecular weight excluding hydrogens is 279 g/mol. The van der Waals surface area contributed by atoms with Gasteiger partial charge in [0.05, 0.1) is 12.9 Å². The summed E-state index contributed by atoms with van der Waals surface area (Å²) in [5, 5.41) is 0. The zero-order chi connectivity index (χ0) is 15.5. The molecule has 0 heterocycles. The van der Waals surface area contributed by atoms with Gasteiger partial charge in [0.15, 0.2) is 0 Å².